The van der Waals surface area contributed by atoms with E-state index in [1.165, 1.54) is 11.3 Å². The van der Waals surface area contributed by atoms with Crippen molar-refractivity contribution in [1.82, 2.24) is 29.8 Å². The molecule has 24 heavy (non-hydrogen) atoms. The van der Waals surface area contributed by atoms with Crippen LogP contribution in [0.15, 0.2) is 17.8 Å². The maximum Gasteiger partial charge on any atom is 0.261 e. The zero-order valence-electron chi connectivity index (χ0n) is 13.2. The summed E-state index contributed by atoms with van der Waals surface area (Å²) < 4.78 is 32.4. The summed E-state index contributed by atoms with van der Waals surface area (Å²) in [6, 6.07) is 0. The van der Waals surface area contributed by atoms with Crippen LogP contribution >= 0.6 is 11.3 Å². The Kier molecular flexibility index (Phi) is 4.95. The minimum Gasteiger partial charge on any atom is -0.368 e. The first-order valence-corrected chi connectivity index (χ1v) is 8.09. The average Bonchev–Trinajstić information content (AvgIpc) is 3.20. The topological polar surface area (TPSA) is 70.7 Å². The van der Waals surface area contributed by atoms with Crippen LogP contribution in [0.3, 0.4) is 0 Å². The van der Waals surface area contributed by atoms with E-state index in [-0.39, 0.29) is 6.61 Å². The minimum atomic E-state index is -2.46. The molecule has 0 aliphatic carbocycles. The second-order valence-corrected chi connectivity index (χ2v) is 6.18. The monoisotopic (exact) mass is 354 g/mol. The molecule has 3 heterocycles. The molecule has 3 aromatic heterocycles. The van der Waals surface area contributed by atoms with Crippen molar-refractivity contribution < 1.29 is 13.5 Å². The van der Waals surface area contributed by atoms with Gasteiger partial charge in [-0.2, -0.15) is 5.10 Å². The van der Waals surface area contributed by atoms with Gasteiger partial charge in [-0.25, -0.2) is 18.4 Å². The molecule has 0 unspecified atom stereocenters. The predicted molar refractivity (Wildman–Crippen MR) is 83.8 cm³/mol. The van der Waals surface area contributed by atoms with Gasteiger partial charge in [0.1, 0.15) is 17.3 Å². The number of aromatic nitrogens is 6. The van der Waals surface area contributed by atoms with Crippen molar-refractivity contribution >= 4 is 11.3 Å². The maximum absolute atomic E-state index is 12.0. The van der Waals surface area contributed by atoms with E-state index in [2.05, 4.69) is 20.4 Å². The Labute approximate surface area is 140 Å². The summed E-state index contributed by atoms with van der Waals surface area (Å²) in [6.45, 7) is 1.89. The highest BCUT2D eigenvalue weighted by atomic mass is 32.1. The van der Waals surface area contributed by atoms with E-state index in [0.29, 0.717) is 11.6 Å². The lowest BCUT2D eigenvalue weighted by atomic mass is 10.2. The normalized spacial score (nSPS) is 11.5. The third-order valence-electron chi connectivity index (χ3n) is 3.22. The molecule has 0 spiro atoms. The van der Waals surface area contributed by atoms with E-state index in [4.69, 9.17) is 4.74 Å². The highest BCUT2D eigenvalue weighted by Crippen LogP contribution is 2.19. The summed E-state index contributed by atoms with van der Waals surface area (Å²) in [7, 11) is 1.85. The molecule has 3 rings (SSSR count). The number of alkyl halides is 2. The number of hydrogen-bond acceptors (Lipinski definition) is 6. The van der Waals surface area contributed by atoms with Gasteiger partial charge in [-0.1, -0.05) is 5.21 Å². The molecule has 0 saturated heterocycles. The largest absolute Gasteiger partial charge is 0.368 e. The number of rotatable bonds is 7. The Morgan fingerprint density at radius 3 is 2.88 bits per heavy atom. The van der Waals surface area contributed by atoms with E-state index in [0.717, 1.165) is 22.6 Å². The predicted octanol–water partition coefficient (Wildman–Crippen LogP) is 2.27. The number of hydrogen-bond donors (Lipinski definition) is 0. The average molecular weight is 354 g/mol. The van der Waals surface area contributed by atoms with Crippen molar-refractivity contribution in [2.24, 2.45) is 7.05 Å². The summed E-state index contributed by atoms with van der Waals surface area (Å²) in [5.41, 5.74) is 3.35. The molecule has 10 heteroatoms. The molecule has 0 radical (unpaired) electrons. The van der Waals surface area contributed by atoms with E-state index in [1.807, 2.05) is 31.7 Å². The van der Waals surface area contributed by atoms with Gasteiger partial charge in [-0.15, -0.1) is 16.4 Å². The Hall–Kier alpha value is -2.20. The van der Waals surface area contributed by atoms with Crippen LogP contribution in [0.2, 0.25) is 0 Å². The van der Waals surface area contributed by atoms with Crippen LogP contribution in [0, 0.1) is 6.92 Å². The van der Waals surface area contributed by atoms with Crippen LogP contribution in [-0.4, -0.2) is 42.8 Å². The SMILES string of the molecule is Cc1nn(C)cc1-c1cn(Cc2csc(COCC(F)F)n2)nn1. The van der Waals surface area contributed by atoms with E-state index in [9.17, 15) is 8.78 Å². The molecule has 0 bridgehead atoms. The first-order valence-electron chi connectivity index (χ1n) is 7.21. The Morgan fingerprint density at radius 2 is 2.17 bits per heavy atom. The van der Waals surface area contributed by atoms with Crippen molar-refractivity contribution in [1.29, 1.82) is 0 Å². The molecule has 0 amide bonds. The number of aryl methyl sites for hydroxylation is 2. The van der Waals surface area contributed by atoms with Gasteiger partial charge in [-0.3, -0.25) is 4.68 Å². The molecular formula is C14H16F2N6OS. The van der Waals surface area contributed by atoms with Gasteiger partial charge in [0.05, 0.1) is 30.7 Å². The van der Waals surface area contributed by atoms with Crippen LogP contribution in [0.25, 0.3) is 11.3 Å². The van der Waals surface area contributed by atoms with E-state index < -0.39 is 13.0 Å². The molecule has 0 atom stereocenters. The molecule has 0 aromatic carbocycles. The lowest BCUT2D eigenvalue weighted by molar-refractivity contribution is 0.00980. The molecule has 3 aromatic rings. The smallest absolute Gasteiger partial charge is 0.261 e. The Balaban J connectivity index is 1.63. The van der Waals surface area contributed by atoms with Crippen LogP contribution in [0.1, 0.15) is 16.4 Å². The van der Waals surface area contributed by atoms with Gasteiger partial charge >= 0.3 is 0 Å². The minimum absolute atomic E-state index is 0.0898. The van der Waals surface area contributed by atoms with Gasteiger partial charge in [0.15, 0.2) is 0 Å². The summed E-state index contributed by atoms with van der Waals surface area (Å²) in [4.78, 5) is 4.35. The van der Waals surface area contributed by atoms with Crippen molar-refractivity contribution in [3.8, 4) is 11.3 Å². The van der Waals surface area contributed by atoms with E-state index in [1.54, 1.807) is 9.36 Å². The number of ether oxygens (including phenoxy) is 1. The maximum atomic E-state index is 12.0. The summed E-state index contributed by atoms with van der Waals surface area (Å²) in [5, 5.41) is 15.1. The van der Waals surface area contributed by atoms with Gasteiger partial charge in [-0.05, 0) is 6.92 Å². The molecular weight excluding hydrogens is 338 g/mol. The quantitative estimate of drug-likeness (QED) is 0.651. The fraction of sp³-hybridized carbons (Fsp3) is 0.429. The van der Waals surface area contributed by atoms with E-state index >= 15 is 0 Å². The zero-order valence-corrected chi connectivity index (χ0v) is 14.0. The van der Waals surface area contributed by atoms with Gasteiger partial charge in [0.2, 0.25) is 0 Å². The lowest BCUT2D eigenvalue weighted by Crippen LogP contribution is -2.04. The highest BCUT2D eigenvalue weighted by molar-refractivity contribution is 7.09. The van der Waals surface area contributed by atoms with Crippen molar-refractivity contribution in [3.05, 3.63) is 34.2 Å². The van der Waals surface area contributed by atoms with Crippen LogP contribution in [0.4, 0.5) is 8.78 Å². The summed E-state index contributed by atoms with van der Waals surface area (Å²) in [6.07, 6.45) is 1.26. The lowest BCUT2D eigenvalue weighted by Gasteiger charge is -1.99. The molecule has 128 valence electrons. The highest BCUT2D eigenvalue weighted by Gasteiger charge is 2.11. The fourth-order valence-corrected chi connectivity index (χ4v) is 2.96. The van der Waals surface area contributed by atoms with Crippen molar-refractivity contribution in [3.63, 3.8) is 0 Å². The Bertz CT molecular complexity index is 812. The van der Waals surface area contributed by atoms with Gasteiger partial charge in [0.25, 0.3) is 6.43 Å². The number of thiazole rings is 1. The molecule has 0 saturated carbocycles. The summed E-state index contributed by atoms with van der Waals surface area (Å²) >= 11 is 1.37. The van der Waals surface area contributed by atoms with Crippen molar-refractivity contribution in [2.45, 2.75) is 26.5 Å². The molecule has 0 aliphatic rings. The molecule has 0 fully saturated rings. The third-order valence-corrected chi connectivity index (χ3v) is 4.09. The third kappa shape index (κ3) is 4.01. The number of nitrogens with zero attached hydrogens (tertiary/aromatic N) is 6. The number of halogens is 2. The molecule has 0 N–H and O–H groups in total. The van der Waals surface area contributed by atoms with Crippen LogP contribution in [-0.2, 0) is 24.9 Å². The molecule has 7 nitrogen and oxygen atoms in total. The fourth-order valence-electron chi connectivity index (χ4n) is 2.24. The Morgan fingerprint density at radius 1 is 1.33 bits per heavy atom. The second kappa shape index (κ2) is 7.14. The van der Waals surface area contributed by atoms with Gasteiger partial charge < -0.3 is 4.74 Å². The second-order valence-electron chi connectivity index (χ2n) is 5.24. The van der Waals surface area contributed by atoms with Crippen molar-refractivity contribution in [2.75, 3.05) is 6.61 Å². The van der Waals surface area contributed by atoms with Crippen LogP contribution in [0.5, 0.6) is 0 Å². The molecule has 0 aliphatic heterocycles. The standard InChI is InChI=1S/C14H16F2N6OS/c1-9-11(4-21(2)19-9)12-5-22(20-18-12)3-10-8-24-14(17-10)7-23-6-13(15)16/h4-5,8,13H,3,6-7H2,1-2H3. The van der Waals surface area contributed by atoms with Crippen LogP contribution < -0.4 is 0 Å². The van der Waals surface area contributed by atoms with Gasteiger partial charge in [0, 0.05) is 24.2 Å². The first-order chi connectivity index (χ1) is 11.5. The zero-order chi connectivity index (χ0) is 17.1. The first kappa shape index (κ1) is 16.7. The summed E-state index contributed by atoms with van der Waals surface area (Å²) in [5.74, 6) is 0.